The molecule has 2 aromatic rings. The number of rotatable bonds is 4. The van der Waals surface area contributed by atoms with E-state index in [2.05, 4.69) is 0 Å². The molecule has 1 aliphatic carbocycles. The van der Waals surface area contributed by atoms with E-state index in [1.807, 2.05) is 30.3 Å². The molecule has 0 bridgehead atoms. The normalized spacial score (nSPS) is 16.4. The zero-order chi connectivity index (χ0) is 12.4. The highest BCUT2D eigenvalue weighted by Gasteiger charge is 2.18. The Kier molecular flexibility index (Phi) is 3.18. The molecule has 1 saturated carbocycles. The van der Waals surface area contributed by atoms with Gasteiger partial charge in [0.25, 0.3) is 0 Å². The van der Waals surface area contributed by atoms with Crippen LogP contribution in [0.3, 0.4) is 0 Å². The topological polar surface area (TPSA) is 30.2 Å². The molecule has 0 radical (unpaired) electrons. The molecule has 1 fully saturated rings. The Bertz CT molecular complexity index is 514. The van der Waals surface area contributed by atoms with E-state index in [4.69, 9.17) is 4.42 Å². The van der Waals surface area contributed by atoms with Crippen molar-refractivity contribution in [3.63, 3.8) is 0 Å². The van der Waals surface area contributed by atoms with Crippen molar-refractivity contribution in [2.24, 2.45) is 5.92 Å². The van der Waals surface area contributed by atoms with Gasteiger partial charge < -0.3 is 4.42 Å². The molecule has 0 atom stereocenters. The van der Waals surface area contributed by atoms with Crippen LogP contribution in [-0.4, -0.2) is 5.78 Å². The standard InChI is InChI=1S/C16H18O2/c17-14(10-9-12-5-1-2-6-12)16-11-13-7-3-4-8-15(13)18-16/h3-4,7-8,11-12H,1-2,5-6,9-10H2. The number of carbonyl (C=O) groups is 1. The molecule has 0 amide bonds. The number of hydrogen-bond acceptors (Lipinski definition) is 2. The summed E-state index contributed by atoms with van der Waals surface area (Å²) in [5.74, 6) is 1.44. The van der Waals surface area contributed by atoms with Crippen LogP contribution in [0.5, 0.6) is 0 Å². The van der Waals surface area contributed by atoms with E-state index in [1.165, 1.54) is 25.7 Å². The van der Waals surface area contributed by atoms with Crippen molar-refractivity contribution in [1.82, 2.24) is 0 Å². The van der Waals surface area contributed by atoms with Gasteiger partial charge in [-0.3, -0.25) is 4.79 Å². The number of fused-ring (bicyclic) bond motifs is 1. The van der Waals surface area contributed by atoms with E-state index in [1.54, 1.807) is 0 Å². The molecule has 94 valence electrons. The van der Waals surface area contributed by atoms with Crippen LogP contribution in [0.4, 0.5) is 0 Å². The maximum absolute atomic E-state index is 12.1. The lowest BCUT2D eigenvalue weighted by Crippen LogP contribution is -2.01. The molecule has 0 saturated heterocycles. The highest BCUT2D eigenvalue weighted by molar-refractivity contribution is 5.97. The zero-order valence-corrected chi connectivity index (χ0v) is 10.5. The lowest BCUT2D eigenvalue weighted by Gasteiger charge is -2.06. The van der Waals surface area contributed by atoms with Crippen molar-refractivity contribution in [2.45, 2.75) is 38.5 Å². The highest BCUT2D eigenvalue weighted by Crippen LogP contribution is 2.29. The fraction of sp³-hybridized carbons (Fsp3) is 0.438. The quantitative estimate of drug-likeness (QED) is 0.734. The van der Waals surface area contributed by atoms with Gasteiger partial charge in [-0.25, -0.2) is 0 Å². The number of Topliss-reactive ketones (excluding diaryl/α,β-unsaturated/α-hetero) is 1. The Hall–Kier alpha value is -1.57. The number of ketones is 1. The summed E-state index contributed by atoms with van der Waals surface area (Å²) in [4.78, 5) is 12.1. The van der Waals surface area contributed by atoms with Gasteiger partial charge in [-0.1, -0.05) is 43.9 Å². The van der Waals surface area contributed by atoms with Gasteiger partial charge in [0.2, 0.25) is 0 Å². The summed E-state index contributed by atoms with van der Waals surface area (Å²) in [5.41, 5.74) is 0.807. The molecular weight excluding hydrogens is 224 g/mol. The van der Waals surface area contributed by atoms with Crippen LogP contribution in [0.15, 0.2) is 34.7 Å². The van der Waals surface area contributed by atoms with Gasteiger partial charge in [0.1, 0.15) is 5.58 Å². The van der Waals surface area contributed by atoms with Gasteiger partial charge in [0.05, 0.1) is 0 Å². The largest absolute Gasteiger partial charge is 0.453 e. The third-order valence-electron chi connectivity index (χ3n) is 3.95. The van der Waals surface area contributed by atoms with Crippen LogP contribution in [0.25, 0.3) is 11.0 Å². The summed E-state index contributed by atoms with van der Waals surface area (Å²) in [7, 11) is 0. The Balaban J connectivity index is 1.67. The monoisotopic (exact) mass is 242 g/mol. The van der Waals surface area contributed by atoms with Crippen molar-refractivity contribution in [1.29, 1.82) is 0 Å². The predicted molar refractivity (Wildman–Crippen MR) is 71.7 cm³/mol. The van der Waals surface area contributed by atoms with E-state index < -0.39 is 0 Å². The Morgan fingerprint density at radius 1 is 1.22 bits per heavy atom. The molecule has 1 aromatic heterocycles. The number of benzene rings is 1. The molecule has 0 unspecified atom stereocenters. The molecule has 0 aliphatic heterocycles. The molecule has 2 heteroatoms. The van der Waals surface area contributed by atoms with Crippen molar-refractivity contribution < 1.29 is 9.21 Å². The maximum Gasteiger partial charge on any atom is 0.198 e. The molecular formula is C16H18O2. The minimum absolute atomic E-state index is 0.151. The predicted octanol–water partition coefficient (Wildman–Crippen LogP) is 4.59. The van der Waals surface area contributed by atoms with Gasteiger partial charge in [-0.2, -0.15) is 0 Å². The van der Waals surface area contributed by atoms with Gasteiger partial charge in [-0.05, 0) is 24.5 Å². The Labute approximate surface area is 107 Å². The Morgan fingerprint density at radius 3 is 2.78 bits per heavy atom. The van der Waals surface area contributed by atoms with Crippen molar-refractivity contribution in [2.75, 3.05) is 0 Å². The summed E-state index contributed by atoms with van der Waals surface area (Å²) in [6.07, 6.45) is 6.92. The van der Waals surface area contributed by atoms with Crippen LogP contribution >= 0.6 is 0 Å². The second-order valence-electron chi connectivity index (χ2n) is 5.26. The highest BCUT2D eigenvalue weighted by atomic mass is 16.3. The van der Waals surface area contributed by atoms with Crippen molar-refractivity contribution >= 4 is 16.8 Å². The van der Waals surface area contributed by atoms with Gasteiger partial charge >= 0.3 is 0 Å². The van der Waals surface area contributed by atoms with Gasteiger partial charge in [0.15, 0.2) is 11.5 Å². The van der Waals surface area contributed by atoms with Gasteiger partial charge in [0, 0.05) is 11.8 Å². The van der Waals surface area contributed by atoms with E-state index in [0.29, 0.717) is 12.2 Å². The number of para-hydroxylation sites is 1. The molecule has 0 N–H and O–H groups in total. The molecule has 18 heavy (non-hydrogen) atoms. The second kappa shape index (κ2) is 4.97. The van der Waals surface area contributed by atoms with Crippen LogP contribution < -0.4 is 0 Å². The minimum Gasteiger partial charge on any atom is -0.453 e. The average Bonchev–Trinajstić information content (AvgIpc) is 3.04. The molecule has 3 rings (SSSR count). The summed E-state index contributed by atoms with van der Waals surface area (Å²) in [6.45, 7) is 0. The maximum atomic E-state index is 12.1. The van der Waals surface area contributed by atoms with E-state index >= 15 is 0 Å². The zero-order valence-electron chi connectivity index (χ0n) is 10.5. The second-order valence-corrected chi connectivity index (χ2v) is 5.26. The first-order valence-corrected chi connectivity index (χ1v) is 6.85. The summed E-state index contributed by atoms with van der Waals surface area (Å²) < 4.78 is 5.60. The SMILES string of the molecule is O=C(CCC1CCCC1)c1cc2ccccc2o1. The molecule has 0 spiro atoms. The third kappa shape index (κ3) is 2.33. The van der Waals surface area contributed by atoms with Crippen molar-refractivity contribution in [3.05, 3.63) is 36.1 Å². The average molecular weight is 242 g/mol. The van der Waals surface area contributed by atoms with Crippen LogP contribution in [0.1, 0.15) is 49.1 Å². The first-order chi connectivity index (χ1) is 8.83. The first-order valence-electron chi connectivity index (χ1n) is 6.85. The Morgan fingerprint density at radius 2 is 2.00 bits per heavy atom. The number of hydrogen-bond donors (Lipinski definition) is 0. The fourth-order valence-electron chi connectivity index (χ4n) is 2.88. The van der Waals surface area contributed by atoms with Crippen molar-refractivity contribution in [3.8, 4) is 0 Å². The first kappa shape index (κ1) is 11.5. The smallest absolute Gasteiger partial charge is 0.198 e. The number of furan rings is 1. The van der Waals surface area contributed by atoms with Crippen LogP contribution in [0.2, 0.25) is 0 Å². The number of carbonyl (C=O) groups excluding carboxylic acids is 1. The molecule has 2 nitrogen and oxygen atoms in total. The minimum atomic E-state index is 0.151. The molecule has 1 heterocycles. The summed E-state index contributed by atoms with van der Waals surface area (Å²) in [6, 6.07) is 9.64. The molecule has 1 aliphatic rings. The third-order valence-corrected chi connectivity index (χ3v) is 3.95. The van der Waals surface area contributed by atoms with E-state index in [-0.39, 0.29) is 5.78 Å². The lowest BCUT2D eigenvalue weighted by molar-refractivity contribution is 0.0949. The summed E-state index contributed by atoms with van der Waals surface area (Å²) in [5, 5.41) is 1.02. The van der Waals surface area contributed by atoms with Crippen LogP contribution in [0, 0.1) is 5.92 Å². The van der Waals surface area contributed by atoms with Gasteiger partial charge in [-0.15, -0.1) is 0 Å². The lowest BCUT2D eigenvalue weighted by atomic mass is 9.99. The van der Waals surface area contributed by atoms with E-state index in [0.717, 1.165) is 23.3 Å². The summed E-state index contributed by atoms with van der Waals surface area (Å²) >= 11 is 0. The van der Waals surface area contributed by atoms with E-state index in [9.17, 15) is 4.79 Å². The molecule has 1 aromatic carbocycles. The fourth-order valence-corrected chi connectivity index (χ4v) is 2.88. The van der Waals surface area contributed by atoms with Crippen LogP contribution in [-0.2, 0) is 0 Å².